The molecular weight excluding hydrogens is 314 g/mol. The zero-order chi connectivity index (χ0) is 17.6. The minimum absolute atomic E-state index is 0.0849. The van der Waals surface area contributed by atoms with E-state index in [1.807, 2.05) is 45.0 Å². The fourth-order valence-corrected chi connectivity index (χ4v) is 2.47. The smallest absolute Gasteiger partial charge is 0.238 e. The predicted molar refractivity (Wildman–Crippen MR) is 92.4 cm³/mol. The summed E-state index contributed by atoms with van der Waals surface area (Å²) in [5, 5.41) is 1.73. The summed E-state index contributed by atoms with van der Waals surface area (Å²) in [5.41, 5.74) is 1.15. The molecule has 2 atom stereocenters. The van der Waals surface area contributed by atoms with Crippen molar-refractivity contribution in [2.45, 2.75) is 57.9 Å². The summed E-state index contributed by atoms with van der Waals surface area (Å²) in [7, 11) is -3.36. The first-order valence-electron chi connectivity index (χ1n) is 7.84. The lowest BCUT2D eigenvalue weighted by molar-refractivity contribution is -0.121. The van der Waals surface area contributed by atoms with Crippen molar-refractivity contribution in [2.24, 2.45) is 0 Å². The number of carbonyl (C=O) groups is 1. The molecule has 0 radical (unpaired) electrons. The molecule has 0 bridgehead atoms. The van der Waals surface area contributed by atoms with Crippen molar-refractivity contribution < 1.29 is 17.9 Å². The van der Waals surface area contributed by atoms with Gasteiger partial charge in [0.1, 0.15) is 11.0 Å². The van der Waals surface area contributed by atoms with Crippen LogP contribution in [0.3, 0.4) is 0 Å². The summed E-state index contributed by atoms with van der Waals surface area (Å²) in [6.07, 6.45) is 2.76. The van der Waals surface area contributed by atoms with E-state index in [-0.39, 0.29) is 12.1 Å². The maximum Gasteiger partial charge on any atom is 0.238 e. The van der Waals surface area contributed by atoms with Crippen LogP contribution in [0, 0.1) is 0 Å². The van der Waals surface area contributed by atoms with Crippen LogP contribution < -0.4 is 10.1 Å². The fourth-order valence-electron chi connectivity index (χ4n) is 2.02. The molecule has 0 aliphatic heterocycles. The number of aryl methyl sites for hydroxylation is 1. The van der Waals surface area contributed by atoms with Crippen LogP contribution >= 0.6 is 0 Å². The summed E-state index contributed by atoms with van der Waals surface area (Å²) < 4.78 is 28.3. The summed E-state index contributed by atoms with van der Waals surface area (Å²) in [5.74, 6) is 0.396. The molecule has 1 aromatic carbocycles. The molecule has 0 saturated heterocycles. The lowest BCUT2D eigenvalue weighted by Gasteiger charge is -2.17. The Hall–Kier alpha value is -1.56. The molecule has 1 amide bonds. The average molecular weight is 341 g/mol. The molecule has 0 fully saturated rings. The third-order valence-corrected chi connectivity index (χ3v) is 5.06. The minimum atomic E-state index is -3.36. The number of ether oxygens (including phenoxy) is 1. The normalized spacial score (nSPS) is 14.3. The summed E-state index contributed by atoms with van der Waals surface area (Å²) >= 11 is 0. The van der Waals surface area contributed by atoms with Gasteiger partial charge in [-0.2, -0.15) is 0 Å². The standard InChI is InChI=1S/C17H27NO4S/c1-12(2)22-16-10-8-15(9-11-16)7-6-13(3)18-17(19)14(4)23(5,20)21/h8-14H,6-7H2,1-5H3,(H,18,19)/t13-,14+/m0/s1. The Morgan fingerprint density at radius 3 is 2.17 bits per heavy atom. The maximum atomic E-state index is 11.9. The van der Waals surface area contributed by atoms with Crippen LogP contribution in [0.25, 0.3) is 0 Å². The Balaban J connectivity index is 2.47. The number of carbonyl (C=O) groups excluding carboxylic acids is 1. The first-order valence-corrected chi connectivity index (χ1v) is 9.80. The van der Waals surface area contributed by atoms with E-state index < -0.39 is 21.0 Å². The molecule has 1 N–H and O–H groups in total. The Labute approximate surface area is 139 Å². The molecule has 130 valence electrons. The van der Waals surface area contributed by atoms with E-state index in [1.165, 1.54) is 6.92 Å². The molecule has 6 heteroatoms. The SMILES string of the molecule is CC(C)Oc1ccc(CC[C@H](C)NC(=O)[C@@H](C)S(C)(=O)=O)cc1. The second-order valence-corrected chi connectivity index (χ2v) is 8.60. The molecule has 0 unspecified atom stereocenters. The van der Waals surface area contributed by atoms with Crippen molar-refractivity contribution in [1.82, 2.24) is 5.32 Å². The van der Waals surface area contributed by atoms with Gasteiger partial charge >= 0.3 is 0 Å². The molecule has 5 nitrogen and oxygen atoms in total. The third-order valence-electron chi connectivity index (χ3n) is 3.56. The highest BCUT2D eigenvalue weighted by Crippen LogP contribution is 2.15. The number of hydrogen-bond acceptors (Lipinski definition) is 4. The van der Waals surface area contributed by atoms with E-state index in [4.69, 9.17) is 4.74 Å². The fraction of sp³-hybridized carbons (Fsp3) is 0.588. The van der Waals surface area contributed by atoms with Gasteiger partial charge < -0.3 is 10.1 Å². The summed E-state index contributed by atoms with van der Waals surface area (Å²) in [4.78, 5) is 11.9. The van der Waals surface area contributed by atoms with Gasteiger partial charge in [-0.25, -0.2) is 8.42 Å². The van der Waals surface area contributed by atoms with E-state index in [1.54, 1.807) is 0 Å². The van der Waals surface area contributed by atoms with Gasteiger partial charge in [-0.1, -0.05) is 12.1 Å². The lowest BCUT2D eigenvalue weighted by atomic mass is 10.1. The largest absolute Gasteiger partial charge is 0.491 e. The molecule has 0 saturated carbocycles. The van der Waals surface area contributed by atoms with Gasteiger partial charge in [-0.3, -0.25) is 4.79 Å². The summed E-state index contributed by atoms with van der Waals surface area (Å²) in [6.45, 7) is 7.25. The number of benzene rings is 1. The van der Waals surface area contributed by atoms with Gasteiger partial charge in [0.15, 0.2) is 9.84 Å². The average Bonchev–Trinajstić information content (AvgIpc) is 2.44. The van der Waals surface area contributed by atoms with Crippen molar-refractivity contribution >= 4 is 15.7 Å². The van der Waals surface area contributed by atoms with E-state index >= 15 is 0 Å². The van der Waals surface area contributed by atoms with Gasteiger partial charge in [-0.15, -0.1) is 0 Å². The predicted octanol–water partition coefficient (Wildman–Crippen LogP) is 2.34. The van der Waals surface area contributed by atoms with Gasteiger partial charge in [0.2, 0.25) is 5.91 Å². The number of hydrogen-bond donors (Lipinski definition) is 1. The van der Waals surface area contributed by atoms with Crippen molar-refractivity contribution in [3.05, 3.63) is 29.8 Å². The van der Waals surface area contributed by atoms with E-state index in [0.717, 1.165) is 30.4 Å². The van der Waals surface area contributed by atoms with Gasteiger partial charge in [0.25, 0.3) is 0 Å². The van der Waals surface area contributed by atoms with Crippen molar-refractivity contribution in [1.29, 1.82) is 0 Å². The van der Waals surface area contributed by atoms with Gasteiger partial charge in [0, 0.05) is 12.3 Å². The minimum Gasteiger partial charge on any atom is -0.491 e. The highest BCUT2D eigenvalue weighted by atomic mass is 32.2. The Bertz CT molecular complexity index is 608. The number of nitrogens with one attached hydrogen (secondary N) is 1. The molecule has 0 aliphatic rings. The van der Waals surface area contributed by atoms with Gasteiger partial charge in [0.05, 0.1) is 6.10 Å². The van der Waals surface area contributed by atoms with E-state index in [2.05, 4.69) is 5.32 Å². The molecule has 0 heterocycles. The van der Waals surface area contributed by atoms with Crippen LogP contribution in [0.2, 0.25) is 0 Å². The van der Waals surface area contributed by atoms with E-state index in [9.17, 15) is 13.2 Å². The van der Waals surface area contributed by atoms with Crippen LogP contribution in [0.1, 0.15) is 39.7 Å². The topological polar surface area (TPSA) is 72.5 Å². The van der Waals surface area contributed by atoms with Crippen LogP contribution in [0.4, 0.5) is 0 Å². The van der Waals surface area contributed by atoms with Crippen LogP contribution in [-0.4, -0.2) is 38.0 Å². The van der Waals surface area contributed by atoms with Crippen LogP contribution in [0.5, 0.6) is 5.75 Å². The molecule has 23 heavy (non-hydrogen) atoms. The summed E-state index contributed by atoms with van der Waals surface area (Å²) in [6, 6.07) is 7.80. The molecule has 1 rings (SSSR count). The second-order valence-electron chi connectivity index (χ2n) is 6.23. The first kappa shape index (κ1) is 19.5. The van der Waals surface area contributed by atoms with Crippen molar-refractivity contribution in [3.63, 3.8) is 0 Å². The monoisotopic (exact) mass is 341 g/mol. The maximum absolute atomic E-state index is 11.9. The lowest BCUT2D eigenvalue weighted by Crippen LogP contribution is -2.42. The Morgan fingerprint density at radius 2 is 1.70 bits per heavy atom. The Kier molecular flexibility index (Phi) is 7.06. The highest BCUT2D eigenvalue weighted by Gasteiger charge is 2.24. The van der Waals surface area contributed by atoms with Crippen molar-refractivity contribution in [3.8, 4) is 5.75 Å². The molecule has 1 aromatic rings. The molecule has 0 spiro atoms. The van der Waals surface area contributed by atoms with Crippen LogP contribution in [0.15, 0.2) is 24.3 Å². The molecular formula is C17H27NO4S. The number of sulfone groups is 1. The van der Waals surface area contributed by atoms with Crippen molar-refractivity contribution in [2.75, 3.05) is 6.26 Å². The first-order chi connectivity index (χ1) is 10.6. The van der Waals surface area contributed by atoms with Gasteiger partial charge in [-0.05, 0) is 58.2 Å². The van der Waals surface area contributed by atoms with E-state index in [0.29, 0.717) is 0 Å². The number of rotatable bonds is 8. The third kappa shape index (κ3) is 7.03. The quantitative estimate of drug-likeness (QED) is 0.788. The highest BCUT2D eigenvalue weighted by molar-refractivity contribution is 7.92. The van der Waals surface area contributed by atoms with Crippen LogP contribution in [-0.2, 0) is 21.1 Å². The number of amides is 1. The zero-order valence-electron chi connectivity index (χ0n) is 14.5. The Morgan fingerprint density at radius 1 is 1.13 bits per heavy atom. The zero-order valence-corrected chi connectivity index (χ0v) is 15.3. The molecule has 0 aliphatic carbocycles. The molecule has 0 aromatic heterocycles. The second kappa shape index (κ2) is 8.34.